The fourth-order valence-corrected chi connectivity index (χ4v) is 9.23. The summed E-state index contributed by atoms with van der Waals surface area (Å²) < 4.78 is 6.24. The van der Waals surface area contributed by atoms with E-state index >= 15 is 0 Å². The number of amides is 4. The number of ether oxygens (including phenoxy) is 1. The lowest BCUT2D eigenvalue weighted by atomic mass is 9.88. The van der Waals surface area contributed by atoms with Gasteiger partial charge in [-0.15, -0.1) is 0 Å². The smallest absolute Gasteiger partial charge is 0.262 e. The second kappa shape index (κ2) is 18.1. The van der Waals surface area contributed by atoms with Crippen molar-refractivity contribution in [3.8, 4) is 17.2 Å². The van der Waals surface area contributed by atoms with Gasteiger partial charge >= 0.3 is 0 Å². The van der Waals surface area contributed by atoms with E-state index in [1.54, 1.807) is 36.4 Å². The van der Waals surface area contributed by atoms with Crippen molar-refractivity contribution in [2.24, 2.45) is 5.92 Å². The first-order valence-corrected chi connectivity index (χ1v) is 21.3. The van der Waals surface area contributed by atoms with Crippen molar-refractivity contribution in [3.63, 3.8) is 0 Å². The Morgan fingerprint density at radius 2 is 1.40 bits per heavy atom. The average molecular weight is 812 g/mol. The number of carbonyl (C=O) groups is 4. The molecule has 4 N–H and O–H groups in total. The monoisotopic (exact) mass is 811 g/mol. The summed E-state index contributed by atoms with van der Waals surface area (Å²) in [7, 11) is 0. The molecule has 4 aliphatic rings. The minimum Gasteiger partial charge on any atom is -0.508 e. The largest absolute Gasteiger partial charge is 0.508 e. The Morgan fingerprint density at radius 1 is 0.750 bits per heavy atom. The van der Waals surface area contributed by atoms with Crippen LogP contribution in [0.3, 0.4) is 0 Å². The predicted octanol–water partition coefficient (Wildman–Crippen LogP) is 6.54. The molecule has 4 aliphatic heterocycles. The molecule has 12 heteroatoms. The van der Waals surface area contributed by atoms with Crippen LogP contribution in [0.1, 0.15) is 89.3 Å². The third-order valence-corrected chi connectivity index (χ3v) is 12.4. The Labute approximate surface area is 350 Å². The third-order valence-electron chi connectivity index (χ3n) is 12.4. The first kappa shape index (κ1) is 40.8. The molecule has 12 nitrogen and oxygen atoms in total. The van der Waals surface area contributed by atoms with Gasteiger partial charge in [0, 0.05) is 37.8 Å². The van der Waals surface area contributed by atoms with Crippen LogP contribution in [-0.4, -0.2) is 107 Å². The Hall–Kier alpha value is -5.98. The fraction of sp³-hybridized carbons (Fsp3) is 0.375. The number of phenolic OH excluding ortho intramolecular Hbond substituents is 2. The number of hydrogen-bond donors (Lipinski definition) is 4. The number of fused-ring (bicyclic) bond motifs is 1. The van der Waals surface area contributed by atoms with Gasteiger partial charge in [-0.25, -0.2) is 0 Å². The average Bonchev–Trinajstić information content (AvgIpc) is 3.49. The molecule has 0 spiro atoms. The number of aromatic hydroxyl groups is 2. The number of rotatable bonds is 13. The zero-order valence-electron chi connectivity index (χ0n) is 34.1. The van der Waals surface area contributed by atoms with E-state index in [9.17, 15) is 29.4 Å². The van der Waals surface area contributed by atoms with Gasteiger partial charge in [-0.05, 0) is 147 Å². The van der Waals surface area contributed by atoms with Crippen LogP contribution in [0.4, 0.5) is 5.69 Å². The van der Waals surface area contributed by atoms with Crippen molar-refractivity contribution in [2.45, 2.75) is 64.0 Å². The molecule has 0 aromatic heterocycles. The number of nitrogens with one attached hydrogen (secondary N) is 2. The van der Waals surface area contributed by atoms with Crippen molar-refractivity contribution in [3.05, 3.63) is 119 Å². The lowest BCUT2D eigenvalue weighted by Crippen LogP contribution is -2.54. The van der Waals surface area contributed by atoms with Crippen LogP contribution >= 0.6 is 0 Å². The number of likely N-dealkylation sites (tertiary alicyclic amines) is 2. The van der Waals surface area contributed by atoms with E-state index in [0.717, 1.165) is 116 Å². The summed E-state index contributed by atoms with van der Waals surface area (Å²) in [6.45, 7) is 8.70. The van der Waals surface area contributed by atoms with Crippen molar-refractivity contribution < 1.29 is 34.1 Å². The van der Waals surface area contributed by atoms with Crippen LogP contribution < -0.4 is 15.4 Å². The van der Waals surface area contributed by atoms with Crippen LogP contribution in [0.2, 0.25) is 0 Å². The molecule has 3 saturated heterocycles. The van der Waals surface area contributed by atoms with E-state index in [1.165, 1.54) is 0 Å². The molecule has 0 radical (unpaired) electrons. The van der Waals surface area contributed by atoms with Crippen LogP contribution in [0.25, 0.3) is 11.1 Å². The van der Waals surface area contributed by atoms with Gasteiger partial charge in [0.2, 0.25) is 11.8 Å². The number of piperidine rings is 3. The highest BCUT2D eigenvalue weighted by atomic mass is 16.5. The molecule has 8 rings (SSSR count). The van der Waals surface area contributed by atoms with Gasteiger partial charge < -0.3 is 25.2 Å². The van der Waals surface area contributed by atoms with E-state index in [-0.39, 0.29) is 35.9 Å². The van der Waals surface area contributed by atoms with E-state index in [0.29, 0.717) is 18.1 Å². The minimum atomic E-state index is -0.974. The van der Waals surface area contributed by atoms with Gasteiger partial charge in [0.05, 0.1) is 11.1 Å². The molecule has 1 unspecified atom stereocenters. The lowest BCUT2D eigenvalue weighted by molar-refractivity contribution is -0.136. The first-order valence-electron chi connectivity index (χ1n) is 21.3. The summed E-state index contributed by atoms with van der Waals surface area (Å²) in [5.41, 5.74) is 6.67. The fourth-order valence-electron chi connectivity index (χ4n) is 9.23. The summed E-state index contributed by atoms with van der Waals surface area (Å²) in [6, 6.07) is 27.3. The van der Waals surface area contributed by atoms with Gasteiger partial charge in [-0.2, -0.15) is 0 Å². The number of benzene rings is 4. The van der Waals surface area contributed by atoms with Crippen molar-refractivity contribution in [1.29, 1.82) is 0 Å². The molecule has 312 valence electrons. The second-order valence-corrected chi connectivity index (χ2v) is 16.4. The maximum Gasteiger partial charge on any atom is 0.262 e. The Morgan fingerprint density at radius 3 is 2.07 bits per heavy atom. The summed E-state index contributed by atoms with van der Waals surface area (Å²) in [4.78, 5) is 56.6. The summed E-state index contributed by atoms with van der Waals surface area (Å²) in [5, 5.41) is 25.7. The molecule has 4 heterocycles. The molecule has 4 amide bonds. The zero-order valence-corrected chi connectivity index (χ0v) is 34.1. The molecule has 2 atom stereocenters. The topological polar surface area (TPSA) is 152 Å². The van der Waals surface area contributed by atoms with Crippen molar-refractivity contribution in [1.82, 2.24) is 20.0 Å². The van der Waals surface area contributed by atoms with Crippen LogP contribution in [0.5, 0.6) is 17.2 Å². The highest BCUT2D eigenvalue weighted by Crippen LogP contribution is 2.36. The van der Waals surface area contributed by atoms with Crippen molar-refractivity contribution in [2.75, 3.05) is 51.2 Å². The summed E-state index contributed by atoms with van der Waals surface area (Å²) in [6.07, 6.45) is 5.38. The van der Waals surface area contributed by atoms with E-state index < -0.39 is 29.7 Å². The second-order valence-electron chi connectivity index (χ2n) is 16.4. The first-order chi connectivity index (χ1) is 29.1. The Balaban J connectivity index is 0.800. The Bertz CT molecular complexity index is 2250. The van der Waals surface area contributed by atoms with Crippen LogP contribution in [-0.2, 0) is 9.59 Å². The van der Waals surface area contributed by atoms with E-state index in [4.69, 9.17) is 4.74 Å². The van der Waals surface area contributed by atoms with Gasteiger partial charge in [0.25, 0.3) is 11.8 Å². The summed E-state index contributed by atoms with van der Waals surface area (Å²) >= 11 is 0. The number of anilines is 1. The molecule has 4 aromatic rings. The number of phenols is 2. The predicted molar refractivity (Wildman–Crippen MR) is 230 cm³/mol. The van der Waals surface area contributed by atoms with Crippen LogP contribution in [0.15, 0.2) is 91.0 Å². The molecule has 0 aliphatic carbocycles. The molecule has 3 fully saturated rings. The molecule has 0 bridgehead atoms. The number of nitrogens with zero attached hydrogens (tertiary/aromatic N) is 3. The number of imide groups is 2. The highest BCUT2D eigenvalue weighted by molar-refractivity contribution is 6.23. The molecular formula is C48H53N5O7. The maximum atomic E-state index is 13.3. The molecule has 0 saturated carbocycles. The van der Waals surface area contributed by atoms with E-state index in [1.807, 2.05) is 42.5 Å². The number of hydrogen-bond acceptors (Lipinski definition) is 10. The minimum absolute atomic E-state index is 0.0925. The normalized spacial score (nSPS) is 20.8. The summed E-state index contributed by atoms with van der Waals surface area (Å²) in [5.74, 6) is -0.0837. The lowest BCUT2D eigenvalue weighted by Gasteiger charge is -2.38. The third kappa shape index (κ3) is 9.09. The van der Waals surface area contributed by atoms with Gasteiger partial charge in [-0.3, -0.25) is 34.3 Å². The highest BCUT2D eigenvalue weighted by Gasteiger charge is 2.44. The molecular weight excluding hydrogens is 759 g/mol. The van der Waals surface area contributed by atoms with Crippen LogP contribution in [0, 0.1) is 5.92 Å². The van der Waals surface area contributed by atoms with Gasteiger partial charge in [0.15, 0.2) is 0 Å². The molecule has 4 aromatic carbocycles. The zero-order chi connectivity index (χ0) is 41.8. The van der Waals surface area contributed by atoms with E-state index in [2.05, 4.69) is 39.5 Å². The standard InChI is InChI=1S/C48H53N5O7/c1-2-40(32-5-12-37(54)13-6-32)45(33-7-14-38(55)15-8-33)34-9-16-39(17-10-34)60-27-26-51-24-21-31(22-25-51)29-52-23-3-4-36(30-52)49-35-11-18-41-42(28-35)48(59)53(47(41)58)43-19-20-44(56)50-46(43)57/h5-18,28,31,36,43,49,54-55H,2-4,19-27,29-30H2,1H3,(H,50,56,57)/t36-,43?/m1/s1. The number of allylic oxidation sites excluding steroid dienone is 1. The van der Waals surface area contributed by atoms with Gasteiger partial charge in [-0.1, -0.05) is 43.3 Å². The molecule has 60 heavy (non-hydrogen) atoms. The van der Waals surface area contributed by atoms with Crippen molar-refractivity contribution >= 4 is 40.5 Å². The number of carbonyl (C=O) groups excluding carboxylic acids is 4. The quantitative estimate of drug-likeness (QED) is 0.0867. The maximum absolute atomic E-state index is 13.3. The SMILES string of the molecule is CCC(=C(c1ccc(O)cc1)c1ccc(OCCN2CCC(CN3CCC[C@@H](Nc4ccc5c(c4)C(=O)N(C4CCC(=O)NC4=O)C5=O)C3)CC2)cc1)c1ccc(O)cc1. The van der Waals surface area contributed by atoms with Gasteiger partial charge in [0.1, 0.15) is 29.9 Å². The Kier molecular flexibility index (Phi) is 12.3.